The van der Waals surface area contributed by atoms with Gasteiger partial charge in [0.1, 0.15) is 17.2 Å². The van der Waals surface area contributed by atoms with Gasteiger partial charge in [-0.15, -0.1) is 0 Å². The van der Waals surface area contributed by atoms with Gasteiger partial charge in [-0.3, -0.25) is 0 Å². The minimum atomic E-state index is -3.59. The van der Waals surface area contributed by atoms with Crippen LogP contribution in [0.15, 0.2) is 76.7 Å². The van der Waals surface area contributed by atoms with Gasteiger partial charge in [-0.05, 0) is 180 Å². The Bertz CT molecular complexity index is 1130. The molecule has 3 aromatic carbocycles. The van der Waals surface area contributed by atoms with Crippen molar-refractivity contribution in [3.05, 3.63) is 76.7 Å². The molecule has 0 aliphatic carbocycles. The van der Waals surface area contributed by atoms with Crippen molar-refractivity contribution in [1.82, 2.24) is 0 Å². The predicted octanol–water partition coefficient (Wildman–Crippen LogP) is 13.2. The second kappa shape index (κ2) is 14.6. The van der Waals surface area contributed by atoms with Gasteiger partial charge in [-0.2, -0.15) is 0 Å². The normalized spacial score (nSPS) is 12.4. The highest BCUT2D eigenvalue weighted by atomic mass is 79.9. The Kier molecular flexibility index (Phi) is 13.4. The molecule has 36 heavy (non-hydrogen) atoms. The Hall–Kier alpha value is 2.56. The van der Waals surface area contributed by atoms with E-state index in [4.69, 9.17) is 13.3 Å². The fourth-order valence-electron chi connectivity index (χ4n) is 2.78. The molecule has 0 aliphatic rings. The highest BCUT2D eigenvalue weighted by molar-refractivity contribution is 9.15. The van der Waals surface area contributed by atoms with E-state index < -0.39 is 8.80 Å². The first-order valence-electron chi connectivity index (χ1n) is 9.56. The van der Waals surface area contributed by atoms with Gasteiger partial charge in [-0.25, -0.2) is 0 Å². The molecule has 0 aliphatic heterocycles. The molecule has 0 aromatic heterocycles. The topological polar surface area (TPSA) is 27.7 Å². The lowest BCUT2D eigenvalue weighted by Crippen LogP contribution is -2.56. The number of rotatable bonds is 9. The lowest BCUT2D eigenvalue weighted by Gasteiger charge is -2.33. The van der Waals surface area contributed by atoms with Crippen molar-refractivity contribution in [2.75, 3.05) is 5.33 Å². The van der Waals surface area contributed by atoms with Gasteiger partial charge in [-0.1, -0.05) is 31.9 Å². The first-order chi connectivity index (χ1) is 16.9. The molecule has 0 amide bonds. The summed E-state index contributed by atoms with van der Waals surface area (Å²) in [5.41, 5.74) is 0. The molecule has 15 heteroatoms. The second-order valence-electron chi connectivity index (χ2n) is 6.97. The summed E-state index contributed by atoms with van der Waals surface area (Å²) in [7, 11) is -3.59. The van der Waals surface area contributed by atoms with E-state index in [0.29, 0.717) is 28.6 Å². The second-order valence-corrected chi connectivity index (χ2v) is 18.6. The standard InChI is InChI=1S/C21H11Br11O3Si/c22-7-9(23)8-36(33-13-4-1-10(24)16(27)19(13)30,34-14-5-2-11(25)17(28)20(14)31)35-15-6-3-12(26)18(29)21(15)32/h1-6,9H,7-8H2. The van der Waals surface area contributed by atoms with Crippen molar-refractivity contribution in [1.29, 1.82) is 0 Å². The average molecular weight is 1220 g/mol. The SMILES string of the molecule is BrCC(Br)C[Si](Oc1ccc(Br)c(Br)c1Br)(Oc1ccc(Br)c(Br)c1Br)Oc1ccc(Br)c(Br)c1Br. The molecule has 0 radical (unpaired) electrons. The van der Waals surface area contributed by atoms with E-state index in [-0.39, 0.29) is 4.83 Å². The Labute approximate surface area is 302 Å². The van der Waals surface area contributed by atoms with E-state index in [1.807, 2.05) is 36.4 Å². The van der Waals surface area contributed by atoms with Crippen LogP contribution in [0, 0.1) is 0 Å². The molecular weight excluding hydrogens is 1210 g/mol. The fraction of sp³-hybridized carbons (Fsp3) is 0.143. The highest BCUT2D eigenvalue weighted by Gasteiger charge is 2.52. The van der Waals surface area contributed by atoms with Crippen LogP contribution in [-0.4, -0.2) is 19.0 Å². The molecule has 1 unspecified atom stereocenters. The molecule has 0 N–H and O–H groups in total. The van der Waals surface area contributed by atoms with E-state index in [1.54, 1.807) is 0 Å². The molecule has 3 rings (SSSR count). The third-order valence-corrected chi connectivity index (χ3v) is 19.9. The van der Waals surface area contributed by atoms with Crippen molar-refractivity contribution in [2.45, 2.75) is 10.9 Å². The molecule has 3 nitrogen and oxygen atoms in total. The number of hydrogen-bond donors (Lipinski definition) is 0. The van der Waals surface area contributed by atoms with Crippen LogP contribution in [0.3, 0.4) is 0 Å². The summed E-state index contributed by atoms with van der Waals surface area (Å²) in [5.74, 6) is 1.72. The van der Waals surface area contributed by atoms with Crippen LogP contribution in [0.4, 0.5) is 0 Å². The summed E-state index contributed by atoms with van der Waals surface area (Å²) in [5, 5.41) is 0.666. The van der Waals surface area contributed by atoms with Crippen LogP contribution < -0.4 is 13.3 Å². The summed E-state index contributed by atoms with van der Waals surface area (Å²) >= 11 is 39.7. The molecule has 0 fully saturated rings. The molecule has 1 atom stereocenters. The number of halogens is 11. The average Bonchev–Trinajstić information content (AvgIpc) is 2.85. The van der Waals surface area contributed by atoms with Crippen molar-refractivity contribution in [3.8, 4) is 17.2 Å². The van der Waals surface area contributed by atoms with Crippen LogP contribution >= 0.6 is 175 Å². The Morgan fingerprint density at radius 3 is 1.11 bits per heavy atom. The van der Waals surface area contributed by atoms with E-state index in [0.717, 1.165) is 40.3 Å². The van der Waals surface area contributed by atoms with E-state index in [1.165, 1.54) is 0 Å². The van der Waals surface area contributed by atoms with E-state index in [2.05, 4.69) is 175 Å². The van der Waals surface area contributed by atoms with Crippen LogP contribution in [0.2, 0.25) is 6.04 Å². The smallest absolute Gasteiger partial charge is 0.482 e. The molecule has 0 saturated carbocycles. The van der Waals surface area contributed by atoms with Gasteiger partial charge in [0.05, 0.1) is 19.5 Å². The number of hydrogen-bond acceptors (Lipinski definition) is 3. The quantitative estimate of drug-likeness (QED) is 0.121. The van der Waals surface area contributed by atoms with Gasteiger partial charge in [0, 0.05) is 37.0 Å². The minimum absolute atomic E-state index is 0.00263. The largest absolute Gasteiger partial charge is 0.700 e. The molecule has 0 spiro atoms. The van der Waals surface area contributed by atoms with Crippen LogP contribution in [0.5, 0.6) is 17.2 Å². The van der Waals surface area contributed by atoms with Gasteiger partial charge >= 0.3 is 8.80 Å². The van der Waals surface area contributed by atoms with Gasteiger partial charge in [0.25, 0.3) is 0 Å². The van der Waals surface area contributed by atoms with Gasteiger partial charge in [0.2, 0.25) is 0 Å². The molecular formula is C21H11Br11O3Si. The zero-order valence-corrected chi connectivity index (χ0v) is 35.8. The Morgan fingerprint density at radius 2 is 0.833 bits per heavy atom. The monoisotopic (exact) mass is 1210 g/mol. The third-order valence-electron chi connectivity index (χ3n) is 4.43. The lowest BCUT2D eigenvalue weighted by atomic mass is 10.3. The summed E-state index contributed by atoms with van der Waals surface area (Å²) in [6, 6.07) is 11.7. The van der Waals surface area contributed by atoms with E-state index >= 15 is 0 Å². The Morgan fingerprint density at radius 1 is 0.528 bits per heavy atom. The zero-order valence-electron chi connectivity index (χ0n) is 17.3. The maximum Gasteiger partial charge on any atom is 0.700 e. The maximum atomic E-state index is 6.75. The number of alkyl halides is 2. The van der Waals surface area contributed by atoms with Crippen molar-refractivity contribution in [3.63, 3.8) is 0 Å². The maximum absolute atomic E-state index is 6.75. The van der Waals surface area contributed by atoms with Crippen LogP contribution in [-0.2, 0) is 0 Å². The van der Waals surface area contributed by atoms with Crippen molar-refractivity contribution in [2.24, 2.45) is 0 Å². The summed E-state index contributed by atoms with van der Waals surface area (Å²) < 4.78 is 27.6. The lowest BCUT2D eigenvalue weighted by molar-refractivity contribution is 0.258. The first kappa shape index (κ1) is 33.1. The zero-order chi connectivity index (χ0) is 26.8. The highest BCUT2D eigenvalue weighted by Crippen LogP contribution is 2.45. The van der Waals surface area contributed by atoms with Crippen LogP contribution in [0.25, 0.3) is 0 Å². The summed E-state index contributed by atoms with van der Waals surface area (Å²) in [6.45, 7) is 0. The molecule has 0 bridgehead atoms. The molecule has 194 valence electrons. The van der Waals surface area contributed by atoms with E-state index in [9.17, 15) is 0 Å². The first-order valence-corrected chi connectivity index (χ1v) is 20.7. The summed E-state index contributed by atoms with van der Waals surface area (Å²) in [4.78, 5) is -0.00263. The van der Waals surface area contributed by atoms with Crippen molar-refractivity contribution < 1.29 is 13.3 Å². The van der Waals surface area contributed by atoms with Crippen LogP contribution in [0.1, 0.15) is 0 Å². The predicted molar refractivity (Wildman–Crippen MR) is 188 cm³/mol. The number of benzene rings is 3. The molecule has 0 heterocycles. The molecule has 3 aromatic rings. The molecule has 0 saturated heterocycles. The fourth-order valence-corrected chi connectivity index (χ4v) is 11.7. The van der Waals surface area contributed by atoms with Gasteiger partial charge < -0.3 is 13.3 Å². The Balaban J connectivity index is 2.22. The third kappa shape index (κ3) is 8.10. The minimum Gasteiger partial charge on any atom is -0.482 e. The van der Waals surface area contributed by atoms with Gasteiger partial charge in [0.15, 0.2) is 0 Å². The van der Waals surface area contributed by atoms with Crippen molar-refractivity contribution >= 4 is 184 Å². The summed E-state index contributed by atoms with van der Waals surface area (Å²) in [6.07, 6.45) is 0.